The van der Waals surface area contributed by atoms with Crippen molar-refractivity contribution in [1.82, 2.24) is 4.90 Å². The van der Waals surface area contributed by atoms with E-state index in [-0.39, 0.29) is 5.92 Å². The standard InChI is InChI=1S/C15H22F2N2/c16-14-7-12(8-15(17)9-14)13(10-18)11-19-5-3-1-2-4-6-19/h7-9,13H,1-6,10-11,18H2. The predicted molar refractivity (Wildman–Crippen MR) is 73.1 cm³/mol. The van der Waals surface area contributed by atoms with Crippen molar-refractivity contribution in [3.05, 3.63) is 35.4 Å². The Hall–Kier alpha value is -1.00. The van der Waals surface area contributed by atoms with Gasteiger partial charge in [-0.05, 0) is 43.6 Å². The van der Waals surface area contributed by atoms with Crippen LogP contribution in [0.3, 0.4) is 0 Å². The van der Waals surface area contributed by atoms with Gasteiger partial charge in [-0.1, -0.05) is 12.8 Å². The second-order valence-electron chi connectivity index (χ2n) is 5.35. The van der Waals surface area contributed by atoms with Gasteiger partial charge in [-0.25, -0.2) is 8.78 Å². The van der Waals surface area contributed by atoms with Crippen molar-refractivity contribution in [2.45, 2.75) is 31.6 Å². The highest BCUT2D eigenvalue weighted by Crippen LogP contribution is 2.20. The van der Waals surface area contributed by atoms with E-state index in [1.165, 1.54) is 37.8 Å². The number of nitrogens with two attached hydrogens (primary N) is 1. The lowest BCUT2D eigenvalue weighted by atomic mass is 9.98. The molecule has 1 fully saturated rings. The van der Waals surface area contributed by atoms with Crippen LogP contribution in [0.15, 0.2) is 18.2 Å². The number of hydrogen-bond acceptors (Lipinski definition) is 2. The average molecular weight is 268 g/mol. The molecule has 0 aromatic heterocycles. The summed E-state index contributed by atoms with van der Waals surface area (Å²) >= 11 is 0. The summed E-state index contributed by atoms with van der Waals surface area (Å²) in [5.41, 5.74) is 6.46. The summed E-state index contributed by atoms with van der Waals surface area (Å²) in [6, 6.07) is 3.71. The van der Waals surface area contributed by atoms with Crippen molar-refractivity contribution in [1.29, 1.82) is 0 Å². The van der Waals surface area contributed by atoms with Crippen molar-refractivity contribution in [2.75, 3.05) is 26.2 Å². The highest BCUT2D eigenvalue weighted by molar-refractivity contribution is 5.22. The summed E-state index contributed by atoms with van der Waals surface area (Å²) in [4.78, 5) is 2.37. The van der Waals surface area contributed by atoms with E-state index < -0.39 is 11.6 Å². The third-order valence-corrected chi connectivity index (χ3v) is 3.82. The summed E-state index contributed by atoms with van der Waals surface area (Å²) in [5.74, 6) is -1.04. The smallest absolute Gasteiger partial charge is 0.126 e. The van der Waals surface area contributed by atoms with Gasteiger partial charge >= 0.3 is 0 Å². The van der Waals surface area contributed by atoms with Crippen LogP contribution in [0.5, 0.6) is 0 Å². The third-order valence-electron chi connectivity index (χ3n) is 3.82. The fourth-order valence-electron chi connectivity index (χ4n) is 2.76. The molecule has 106 valence electrons. The highest BCUT2D eigenvalue weighted by atomic mass is 19.1. The molecule has 4 heteroatoms. The second-order valence-corrected chi connectivity index (χ2v) is 5.35. The van der Waals surface area contributed by atoms with Crippen molar-refractivity contribution in [3.63, 3.8) is 0 Å². The molecular formula is C15H22F2N2. The lowest BCUT2D eigenvalue weighted by Crippen LogP contribution is -2.32. The quantitative estimate of drug-likeness (QED) is 0.909. The molecule has 1 saturated heterocycles. The zero-order chi connectivity index (χ0) is 13.7. The van der Waals surface area contributed by atoms with Gasteiger partial charge in [0.25, 0.3) is 0 Å². The molecule has 0 radical (unpaired) electrons. The summed E-state index contributed by atoms with van der Waals surface area (Å²) in [5, 5.41) is 0. The molecule has 1 aliphatic rings. The first-order valence-corrected chi connectivity index (χ1v) is 7.07. The van der Waals surface area contributed by atoms with Gasteiger partial charge in [0.2, 0.25) is 0 Å². The molecule has 1 aromatic rings. The van der Waals surface area contributed by atoms with Crippen LogP contribution in [-0.4, -0.2) is 31.1 Å². The van der Waals surface area contributed by atoms with Crippen LogP contribution in [0, 0.1) is 11.6 Å². The molecule has 1 atom stereocenters. The second kappa shape index (κ2) is 6.96. The van der Waals surface area contributed by atoms with Crippen LogP contribution in [0.2, 0.25) is 0 Å². The van der Waals surface area contributed by atoms with E-state index in [1.54, 1.807) is 0 Å². The molecular weight excluding hydrogens is 246 g/mol. The average Bonchev–Trinajstić information content (AvgIpc) is 2.63. The molecule has 0 amide bonds. The van der Waals surface area contributed by atoms with Gasteiger partial charge in [-0.15, -0.1) is 0 Å². The SMILES string of the molecule is NCC(CN1CCCCCC1)c1cc(F)cc(F)c1. The van der Waals surface area contributed by atoms with Gasteiger partial charge < -0.3 is 10.6 Å². The maximum Gasteiger partial charge on any atom is 0.126 e. The molecule has 0 aliphatic carbocycles. The van der Waals surface area contributed by atoms with Crippen LogP contribution < -0.4 is 5.73 Å². The van der Waals surface area contributed by atoms with Crippen LogP contribution in [0.4, 0.5) is 8.78 Å². The molecule has 2 nitrogen and oxygen atoms in total. The molecule has 2 rings (SSSR count). The molecule has 0 bridgehead atoms. The van der Waals surface area contributed by atoms with Gasteiger partial charge in [-0.3, -0.25) is 0 Å². The minimum Gasteiger partial charge on any atom is -0.330 e. The topological polar surface area (TPSA) is 29.3 Å². The van der Waals surface area contributed by atoms with Gasteiger partial charge in [0, 0.05) is 25.1 Å². The Morgan fingerprint density at radius 3 is 2.11 bits per heavy atom. The summed E-state index contributed by atoms with van der Waals surface area (Å²) in [7, 11) is 0. The van der Waals surface area contributed by atoms with Crippen molar-refractivity contribution >= 4 is 0 Å². The predicted octanol–water partition coefficient (Wildman–Crippen LogP) is 2.88. The van der Waals surface area contributed by atoms with Crippen LogP contribution in [-0.2, 0) is 0 Å². The summed E-state index contributed by atoms with van der Waals surface area (Å²) < 4.78 is 26.5. The molecule has 1 aliphatic heterocycles. The zero-order valence-corrected chi connectivity index (χ0v) is 11.2. The van der Waals surface area contributed by atoms with Gasteiger partial charge in [0.05, 0.1) is 0 Å². The van der Waals surface area contributed by atoms with E-state index in [4.69, 9.17) is 5.73 Å². The summed E-state index contributed by atoms with van der Waals surface area (Å²) in [6.45, 7) is 3.33. The lowest BCUT2D eigenvalue weighted by molar-refractivity contribution is 0.267. The van der Waals surface area contributed by atoms with E-state index in [1.807, 2.05) is 0 Å². The molecule has 2 N–H and O–H groups in total. The van der Waals surface area contributed by atoms with Crippen LogP contribution >= 0.6 is 0 Å². The molecule has 1 heterocycles. The monoisotopic (exact) mass is 268 g/mol. The van der Waals surface area contributed by atoms with Gasteiger partial charge in [-0.2, -0.15) is 0 Å². The van der Waals surface area contributed by atoms with E-state index >= 15 is 0 Å². The third kappa shape index (κ3) is 4.25. The number of benzene rings is 1. The molecule has 0 saturated carbocycles. The van der Waals surface area contributed by atoms with E-state index in [0.717, 1.165) is 25.7 Å². The Labute approximate surface area is 113 Å². The highest BCUT2D eigenvalue weighted by Gasteiger charge is 2.17. The number of halogens is 2. The fourth-order valence-corrected chi connectivity index (χ4v) is 2.76. The van der Waals surface area contributed by atoms with E-state index in [0.29, 0.717) is 12.1 Å². The largest absolute Gasteiger partial charge is 0.330 e. The van der Waals surface area contributed by atoms with Gasteiger partial charge in [0.1, 0.15) is 11.6 Å². The van der Waals surface area contributed by atoms with Crippen LogP contribution in [0.25, 0.3) is 0 Å². The Morgan fingerprint density at radius 1 is 1.00 bits per heavy atom. The minimum atomic E-state index is -0.524. The Morgan fingerprint density at radius 2 is 1.58 bits per heavy atom. The number of hydrogen-bond donors (Lipinski definition) is 1. The normalized spacial score (nSPS) is 19.1. The first-order valence-electron chi connectivity index (χ1n) is 7.07. The fraction of sp³-hybridized carbons (Fsp3) is 0.600. The molecule has 0 spiro atoms. The van der Waals surface area contributed by atoms with E-state index in [2.05, 4.69) is 4.90 Å². The molecule has 19 heavy (non-hydrogen) atoms. The van der Waals surface area contributed by atoms with Crippen molar-refractivity contribution < 1.29 is 8.78 Å². The first-order chi connectivity index (χ1) is 9.19. The van der Waals surface area contributed by atoms with Gasteiger partial charge in [0.15, 0.2) is 0 Å². The number of nitrogens with zero attached hydrogens (tertiary/aromatic N) is 1. The minimum absolute atomic E-state index is 0.00306. The lowest BCUT2D eigenvalue weighted by Gasteiger charge is -2.25. The van der Waals surface area contributed by atoms with Crippen molar-refractivity contribution in [3.8, 4) is 0 Å². The Balaban J connectivity index is 2.05. The van der Waals surface area contributed by atoms with Crippen molar-refractivity contribution in [2.24, 2.45) is 5.73 Å². The number of likely N-dealkylation sites (tertiary alicyclic amines) is 1. The first kappa shape index (κ1) is 14.4. The molecule has 1 unspecified atom stereocenters. The Bertz CT molecular complexity index is 381. The van der Waals surface area contributed by atoms with Crippen LogP contribution in [0.1, 0.15) is 37.2 Å². The summed E-state index contributed by atoms with van der Waals surface area (Å²) in [6.07, 6.45) is 4.96. The maximum absolute atomic E-state index is 13.3. The maximum atomic E-state index is 13.3. The molecule has 1 aromatic carbocycles. The number of rotatable bonds is 4. The van der Waals surface area contributed by atoms with E-state index in [9.17, 15) is 8.78 Å². The Kier molecular flexibility index (Phi) is 5.28. The zero-order valence-electron chi connectivity index (χ0n) is 11.2.